The van der Waals surface area contributed by atoms with Crippen LogP contribution in [0.3, 0.4) is 0 Å². The smallest absolute Gasteiger partial charge is 0.262 e. The number of anilines is 1. The maximum Gasteiger partial charge on any atom is 0.262 e. The van der Waals surface area contributed by atoms with E-state index < -0.39 is 0 Å². The number of nitrogens with zero attached hydrogens (tertiary/aromatic N) is 1. The van der Waals surface area contributed by atoms with Crippen molar-refractivity contribution in [2.45, 2.75) is 25.8 Å². The molecule has 3 rings (SSSR count). The molecule has 0 saturated carbocycles. The highest BCUT2D eigenvalue weighted by molar-refractivity contribution is 6.03. The molecule has 1 aromatic carbocycles. The highest BCUT2D eigenvalue weighted by atomic mass is 35.5. The number of hydrogen-bond acceptors (Lipinski definition) is 4. The highest BCUT2D eigenvalue weighted by Gasteiger charge is 2.32. The van der Waals surface area contributed by atoms with Gasteiger partial charge in [-0.3, -0.25) is 9.59 Å². The third-order valence-corrected chi connectivity index (χ3v) is 4.38. The molecule has 126 valence electrons. The minimum absolute atomic E-state index is 0. The van der Waals surface area contributed by atoms with Crippen molar-refractivity contribution < 1.29 is 14.3 Å². The lowest BCUT2D eigenvalue weighted by molar-refractivity contribution is -0.118. The summed E-state index contributed by atoms with van der Waals surface area (Å²) in [6.07, 6.45) is 1.91. The van der Waals surface area contributed by atoms with Crippen LogP contribution in [0.4, 0.5) is 5.69 Å². The van der Waals surface area contributed by atoms with Gasteiger partial charge in [0.15, 0.2) is 12.4 Å². The van der Waals surface area contributed by atoms with Gasteiger partial charge in [0.05, 0.1) is 11.3 Å². The Morgan fingerprint density at radius 1 is 1.48 bits per heavy atom. The van der Waals surface area contributed by atoms with E-state index in [-0.39, 0.29) is 36.9 Å². The number of carbonyl (C=O) groups is 2. The van der Waals surface area contributed by atoms with Gasteiger partial charge in [-0.15, -0.1) is 12.4 Å². The van der Waals surface area contributed by atoms with Gasteiger partial charge < -0.3 is 20.7 Å². The zero-order valence-electron chi connectivity index (χ0n) is 13.1. The topological polar surface area (TPSA) is 84.7 Å². The number of piperidine rings is 1. The van der Waals surface area contributed by atoms with Crippen molar-refractivity contribution in [3.8, 4) is 5.75 Å². The van der Waals surface area contributed by atoms with Crippen LogP contribution in [0.5, 0.6) is 5.75 Å². The summed E-state index contributed by atoms with van der Waals surface area (Å²) in [5.41, 5.74) is 6.89. The number of benzene rings is 1. The summed E-state index contributed by atoms with van der Waals surface area (Å²) in [4.78, 5) is 26.1. The Labute approximate surface area is 141 Å². The average Bonchev–Trinajstić information content (AvgIpc) is 2.53. The van der Waals surface area contributed by atoms with E-state index in [1.807, 2.05) is 4.90 Å². The SMILES string of the molecule is CC1CCN(C(=O)c2cccc3c2OCC(=O)N3)C(CN)C1.Cl. The van der Waals surface area contributed by atoms with Gasteiger partial charge in [-0.2, -0.15) is 0 Å². The summed E-state index contributed by atoms with van der Waals surface area (Å²) >= 11 is 0. The van der Waals surface area contributed by atoms with Crippen LogP contribution in [0.15, 0.2) is 18.2 Å². The second-order valence-electron chi connectivity index (χ2n) is 6.04. The minimum atomic E-state index is -0.205. The third-order valence-electron chi connectivity index (χ3n) is 4.38. The molecule has 1 aromatic rings. The molecule has 23 heavy (non-hydrogen) atoms. The Morgan fingerprint density at radius 2 is 2.26 bits per heavy atom. The molecule has 2 aliphatic heterocycles. The van der Waals surface area contributed by atoms with Crippen molar-refractivity contribution in [2.24, 2.45) is 11.7 Å². The number of amides is 2. The van der Waals surface area contributed by atoms with Crippen molar-refractivity contribution in [2.75, 3.05) is 25.0 Å². The molecule has 1 saturated heterocycles. The van der Waals surface area contributed by atoms with Crippen molar-refractivity contribution >= 4 is 29.9 Å². The van der Waals surface area contributed by atoms with E-state index in [1.165, 1.54) is 0 Å². The van der Waals surface area contributed by atoms with E-state index in [0.29, 0.717) is 36.0 Å². The monoisotopic (exact) mass is 339 g/mol. The van der Waals surface area contributed by atoms with Gasteiger partial charge in [0.25, 0.3) is 11.8 Å². The normalized spacial score (nSPS) is 23.2. The molecule has 2 unspecified atom stereocenters. The molecule has 0 bridgehead atoms. The largest absolute Gasteiger partial charge is 0.481 e. The molecule has 6 nitrogen and oxygen atoms in total. The summed E-state index contributed by atoms with van der Waals surface area (Å²) in [5, 5.41) is 2.73. The number of hydrogen-bond donors (Lipinski definition) is 2. The van der Waals surface area contributed by atoms with Crippen molar-refractivity contribution in [3.63, 3.8) is 0 Å². The first-order valence-corrected chi connectivity index (χ1v) is 7.67. The number of likely N-dealkylation sites (tertiary alicyclic amines) is 1. The lowest BCUT2D eigenvalue weighted by atomic mass is 9.91. The molecule has 1 fully saturated rings. The number of nitrogens with two attached hydrogens (primary N) is 1. The van der Waals surface area contributed by atoms with E-state index in [9.17, 15) is 9.59 Å². The zero-order valence-corrected chi connectivity index (χ0v) is 13.9. The van der Waals surface area contributed by atoms with Gasteiger partial charge in [0.1, 0.15) is 0 Å². The van der Waals surface area contributed by atoms with Gasteiger partial charge >= 0.3 is 0 Å². The van der Waals surface area contributed by atoms with Gasteiger partial charge in [0.2, 0.25) is 0 Å². The van der Waals surface area contributed by atoms with Gasteiger partial charge in [0, 0.05) is 19.1 Å². The minimum Gasteiger partial charge on any atom is -0.481 e. The van der Waals surface area contributed by atoms with Gasteiger partial charge in [-0.25, -0.2) is 0 Å². The number of rotatable bonds is 2. The summed E-state index contributed by atoms with van der Waals surface area (Å²) in [5.74, 6) is 0.762. The molecular weight excluding hydrogens is 318 g/mol. The van der Waals surface area contributed by atoms with Crippen molar-refractivity contribution in [1.82, 2.24) is 4.90 Å². The van der Waals surface area contributed by atoms with Gasteiger partial charge in [-0.05, 0) is 30.9 Å². The lowest BCUT2D eigenvalue weighted by Gasteiger charge is -2.38. The molecule has 2 aliphatic rings. The first-order valence-electron chi connectivity index (χ1n) is 7.67. The molecule has 0 radical (unpaired) electrons. The predicted octanol–water partition coefficient (Wildman–Crippen LogP) is 1.64. The van der Waals surface area contributed by atoms with Gasteiger partial charge in [-0.1, -0.05) is 13.0 Å². The number of carbonyl (C=O) groups excluding carboxylic acids is 2. The summed E-state index contributed by atoms with van der Waals surface area (Å²) < 4.78 is 5.48. The maximum absolute atomic E-state index is 12.9. The number of nitrogens with one attached hydrogen (secondary N) is 1. The third kappa shape index (κ3) is 3.43. The van der Waals surface area contributed by atoms with E-state index in [1.54, 1.807) is 18.2 Å². The predicted molar refractivity (Wildman–Crippen MR) is 90.1 cm³/mol. The van der Waals surface area contributed by atoms with Crippen molar-refractivity contribution in [1.29, 1.82) is 0 Å². The Morgan fingerprint density at radius 3 is 3.00 bits per heavy atom. The average molecular weight is 340 g/mol. The molecule has 0 aromatic heterocycles. The highest BCUT2D eigenvalue weighted by Crippen LogP contribution is 2.33. The van der Waals surface area contributed by atoms with Crippen LogP contribution in [-0.4, -0.2) is 42.5 Å². The van der Waals surface area contributed by atoms with Crippen LogP contribution in [-0.2, 0) is 4.79 Å². The quantitative estimate of drug-likeness (QED) is 0.857. The first-order chi connectivity index (χ1) is 10.6. The summed E-state index contributed by atoms with van der Waals surface area (Å²) in [6, 6.07) is 5.29. The Bertz CT molecular complexity index is 608. The Hall–Kier alpha value is -1.79. The van der Waals surface area contributed by atoms with Crippen molar-refractivity contribution in [3.05, 3.63) is 23.8 Å². The van der Waals surface area contributed by atoms with Crippen LogP contribution in [0, 0.1) is 5.92 Å². The van der Waals surface area contributed by atoms with E-state index in [0.717, 1.165) is 12.8 Å². The second-order valence-corrected chi connectivity index (χ2v) is 6.04. The number of ether oxygens (including phenoxy) is 1. The van der Waals surface area contributed by atoms with E-state index in [4.69, 9.17) is 10.5 Å². The summed E-state index contributed by atoms with van der Waals surface area (Å²) in [7, 11) is 0. The number of para-hydroxylation sites is 1. The molecule has 3 N–H and O–H groups in total. The van der Waals surface area contributed by atoms with Crippen LogP contribution >= 0.6 is 12.4 Å². The second kappa shape index (κ2) is 7.19. The molecule has 0 spiro atoms. The van der Waals surface area contributed by atoms with Crippen LogP contribution in [0.25, 0.3) is 0 Å². The fraction of sp³-hybridized carbons (Fsp3) is 0.500. The lowest BCUT2D eigenvalue weighted by Crippen LogP contribution is -2.49. The molecule has 2 atom stereocenters. The molecule has 2 amide bonds. The van der Waals surface area contributed by atoms with Crippen LogP contribution in [0.2, 0.25) is 0 Å². The fourth-order valence-electron chi connectivity index (χ4n) is 3.18. The Balaban J connectivity index is 0.00000192. The van der Waals surface area contributed by atoms with E-state index >= 15 is 0 Å². The maximum atomic E-state index is 12.9. The molecule has 7 heteroatoms. The molecular formula is C16H22ClN3O3. The zero-order chi connectivity index (χ0) is 15.7. The first kappa shape index (κ1) is 17.6. The Kier molecular flexibility index (Phi) is 5.49. The standard InChI is InChI=1S/C16H21N3O3.ClH/c1-10-5-6-19(11(7-10)8-17)16(21)12-3-2-4-13-15(12)22-9-14(20)18-13;/h2-4,10-11H,5-9,17H2,1H3,(H,18,20);1H. The fourth-order valence-corrected chi connectivity index (χ4v) is 3.18. The number of halogens is 1. The molecule has 0 aliphatic carbocycles. The van der Waals surface area contributed by atoms with E-state index in [2.05, 4.69) is 12.2 Å². The summed E-state index contributed by atoms with van der Waals surface area (Å²) in [6.45, 7) is 3.29. The number of fused-ring (bicyclic) bond motifs is 1. The molecule has 2 heterocycles. The van der Waals surface area contributed by atoms with Crippen LogP contribution < -0.4 is 15.8 Å². The van der Waals surface area contributed by atoms with Crippen LogP contribution in [0.1, 0.15) is 30.1 Å².